The normalized spacial score (nSPS) is 32.7. The first-order valence-corrected chi connectivity index (χ1v) is 5.99. The van der Waals surface area contributed by atoms with Gasteiger partial charge in [-0.25, -0.2) is 0 Å². The van der Waals surface area contributed by atoms with Crippen LogP contribution >= 0.6 is 12.0 Å². The third-order valence-corrected chi connectivity index (χ3v) is 3.95. The third-order valence-electron chi connectivity index (χ3n) is 3.13. The van der Waals surface area contributed by atoms with Crippen LogP contribution in [0.2, 0.25) is 0 Å². The Bertz CT molecular complexity index is 228. The SMILES string of the molecule is COC1(SO)C=CCC(C(C)(C)O)CC1. The molecule has 1 rings (SSSR count). The quantitative estimate of drug-likeness (QED) is 0.446. The van der Waals surface area contributed by atoms with Crippen molar-refractivity contribution in [2.75, 3.05) is 7.11 Å². The van der Waals surface area contributed by atoms with E-state index in [2.05, 4.69) is 0 Å². The Morgan fingerprint density at radius 3 is 2.67 bits per heavy atom. The first-order chi connectivity index (χ1) is 6.93. The van der Waals surface area contributed by atoms with E-state index < -0.39 is 10.5 Å². The zero-order valence-corrected chi connectivity index (χ0v) is 10.4. The monoisotopic (exact) mass is 232 g/mol. The maximum Gasteiger partial charge on any atom is 0.156 e. The van der Waals surface area contributed by atoms with Crippen LogP contribution in [0.4, 0.5) is 0 Å². The summed E-state index contributed by atoms with van der Waals surface area (Å²) in [5.74, 6) is 0.220. The van der Waals surface area contributed by atoms with Crippen molar-refractivity contribution in [1.82, 2.24) is 0 Å². The fourth-order valence-corrected chi connectivity index (χ4v) is 2.35. The molecule has 0 spiro atoms. The van der Waals surface area contributed by atoms with E-state index >= 15 is 0 Å². The molecular weight excluding hydrogens is 212 g/mol. The molecule has 1 aliphatic carbocycles. The molecule has 0 aromatic heterocycles. The Morgan fingerprint density at radius 1 is 1.53 bits per heavy atom. The third kappa shape index (κ3) is 3.21. The van der Waals surface area contributed by atoms with Crippen LogP contribution in [0, 0.1) is 5.92 Å². The summed E-state index contributed by atoms with van der Waals surface area (Å²) in [6.45, 7) is 3.66. The average Bonchev–Trinajstić information content (AvgIpc) is 2.39. The second-order valence-corrected chi connectivity index (χ2v) is 5.51. The van der Waals surface area contributed by atoms with Crippen molar-refractivity contribution in [2.45, 2.75) is 43.6 Å². The number of ether oxygens (including phenoxy) is 1. The Kier molecular flexibility index (Phi) is 4.23. The van der Waals surface area contributed by atoms with Crippen molar-refractivity contribution >= 4 is 12.0 Å². The Hall–Kier alpha value is -0.0300. The van der Waals surface area contributed by atoms with Crippen molar-refractivity contribution in [3.63, 3.8) is 0 Å². The standard InChI is InChI=1S/C11H20O3S/c1-10(2,12)9-5-4-7-11(14-3,15-13)8-6-9/h4,7,9,12-13H,5-6,8H2,1-3H3. The molecule has 3 nitrogen and oxygen atoms in total. The Balaban J connectivity index is 2.71. The summed E-state index contributed by atoms with van der Waals surface area (Å²) >= 11 is 0.729. The van der Waals surface area contributed by atoms with Gasteiger partial charge in [-0.3, -0.25) is 0 Å². The summed E-state index contributed by atoms with van der Waals surface area (Å²) < 4.78 is 14.5. The van der Waals surface area contributed by atoms with Crippen molar-refractivity contribution in [2.24, 2.45) is 5.92 Å². The van der Waals surface area contributed by atoms with Gasteiger partial charge in [-0.2, -0.15) is 0 Å². The van der Waals surface area contributed by atoms with Gasteiger partial charge >= 0.3 is 0 Å². The minimum absolute atomic E-state index is 0.220. The van der Waals surface area contributed by atoms with Crippen molar-refractivity contribution in [3.05, 3.63) is 12.2 Å². The molecule has 1 aliphatic rings. The van der Waals surface area contributed by atoms with Gasteiger partial charge in [0.25, 0.3) is 0 Å². The van der Waals surface area contributed by atoms with Gasteiger partial charge in [0.05, 0.1) is 5.60 Å². The van der Waals surface area contributed by atoms with Crippen LogP contribution in [-0.2, 0) is 4.74 Å². The Labute approximate surface area is 95.7 Å². The number of allylic oxidation sites excluding steroid dienone is 1. The maximum absolute atomic E-state index is 9.94. The van der Waals surface area contributed by atoms with E-state index in [-0.39, 0.29) is 5.92 Å². The molecular formula is C11H20O3S. The van der Waals surface area contributed by atoms with Gasteiger partial charge in [0.15, 0.2) is 4.93 Å². The lowest BCUT2D eigenvalue weighted by molar-refractivity contribution is 0.00750. The predicted molar refractivity (Wildman–Crippen MR) is 62.7 cm³/mol. The summed E-state index contributed by atoms with van der Waals surface area (Å²) in [7, 11) is 1.60. The molecule has 2 N–H and O–H groups in total. The highest BCUT2D eigenvalue weighted by Gasteiger charge is 2.34. The summed E-state index contributed by atoms with van der Waals surface area (Å²) in [5, 5.41) is 9.94. The molecule has 0 amide bonds. The molecule has 0 bridgehead atoms. The van der Waals surface area contributed by atoms with E-state index in [1.54, 1.807) is 7.11 Å². The second-order valence-electron chi connectivity index (χ2n) is 4.63. The van der Waals surface area contributed by atoms with Gasteiger partial charge < -0.3 is 14.4 Å². The number of methoxy groups -OCH3 is 1. The van der Waals surface area contributed by atoms with Gasteiger partial charge in [-0.15, -0.1) is 0 Å². The molecule has 0 radical (unpaired) electrons. The summed E-state index contributed by atoms with van der Waals surface area (Å²) in [4.78, 5) is -0.625. The highest BCUT2D eigenvalue weighted by molar-refractivity contribution is 7.95. The molecule has 2 atom stereocenters. The minimum atomic E-state index is -0.672. The summed E-state index contributed by atoms with van der Waals surface area (Å²) in [6.07, 6.45) is 6.27. The van der Waals surface area contributed by atoms with Gasteiger partial charge in [0, 0.05) is 19.2 Å². The van der Waals surface area contributed by atoms with Crippen LogP contribution in [0.5, 0.6) is 0 Å². The number of hydrogen-bond donors (Lipinski definition) is 2. The zero-order valence-electron chi connectivity index (χ0n) is 9.56. The Morgan fingerprint density at radius 2 is 2.20 bits per heavy atom. The number of aliphatic hydroxyl groups is 1. The van der Waals surface area contributed by atoms with Gasteiger partial charge in [0.2, 0.25) is 0 Å². The van der Waals surface area contributed by atoms with Gasteiger partial charge in [-0.1, -0.05) is 6.08 Å². The second kappa shape index (κ2) is 4.87. The van der Waals surface area contributed by atoms with Crippen molar-refractivity contribution < 1.29 is 14.4 Å². The predicted octanol–water partition coefficient (Wildman–Crippen LogP) is 2.66. The summed E-state index contributed by atoms with van der Waals surface area (Å²) in [5.41, 5.74) is -0.672. The lowest BCUT2D eigenvalue weighted by Gasteiger charge is -2.30. The van der Waals surface area contributed by atoms with E-state index in [0.29, 0.717) is 0 Å². The minimum Gasteiger partial charge on any atom is -0.390 e. The van der Waals surface area contributed by atoms with Crippen molar-refractivity contribution in [1.29, 1.82) is 0 Å². The number of hydrogen-bond acceptors (Lipinski definition) is 4. The fraction of sp³-hybridized carbons (Fsp3) is 0.818. The molecule has 4 heteroatoms. The molecule has 88 valence electrons. The first kappa shape index (κ1) is 13.0. The van der Waals surface area contributed by atoms with E-state index in [1.165, 1.54) is 0 Å². The fourth-order valence-electron chi connectivity index (χ4n) is 1.91. The van der Waals surface area contributed by atoms with Gasteiger partial charge in [0.1, 0.15) is 0 Å². The van der Waals surface area contributed by atoms with E-state index in [9.17, 15) is 9.66 Å². The van der Waals surface area contributed by atoms with E-state index in [1.807, 2.05) is 26.0 Å². The van der Waals surface area contributed by atoms with Crippen LogP contribution in [0.1, 0.15) is 33.1 Å². The lowest BCUT2D eigenvalue weighted by Crippen LogP contribution is -2.31. The molecule has 0 heterocycles. The molecule has 0 fully saturated rings. The van der Waals surface area contributed by atoms with E-state index in [0.717, 1.165) is 31.3 Å². The first-order valence-electron chi connectivity index (χ1n) is 5.21. The average molecular weight is 232 g/mol. The van der Waals surface area contributed by atoms with Crippen LogP contribution in [0.3, 0.4) is 0 Å². The van der Waals surface area contributed by atoms with Crippen molar-refractivity contribution in [3.8, 4) is 0 Å². The number of rotatable bonds is 3. The van der Waals surface area contributed by atoms with E-state index in [4.69, 9.17) is 4.74 Å². The molecule has 15 heavy (non-hydrogen) atoms. The van der Waals surface area contributed by atoms with Gasteiger partial charge in [-0.05, 0) is 45.1 Å². The van der Waals surface area contributed by atoms with Crippen LogP contribution in [-0.4, -0.2) is 27.3 Å². The van der Waals surface area contributed by atoms with Crippen LogP contribution in [0.15, 0.2) is 12.2 Å². The van der Waals surface area contributed by atoms with Crippen LogP contribution < -0.4 is 0 Å². The zero-order chi connectivity index (χ0) is 11.5. The topological polar surface area (TPSA) is 49.7 Å². The smallest absolute Gasteiger partial charge is 0.156 e. The molecule has 0 aliphatic heterocycles. The van der Waals surface area contributed by atoms with Crippen LogP contribution in [0.25, 0.3) is 0 Å². The highest BCUT2D eigenvalue weighted by Crippen LogP contribution is 2.38. The highest BCUT2D eigenvalue weighted by atomic mass is 32.2. The molecule has 0 aromatic rings. The molecule has 2 unspecified atom stereocenters. The lowest BCUT2D eigenvalue weighted by atomic mass is 9.85. The largest absolute Gasteiger partial charge is 0.390 e. The molecule has 0 aromatic carbocycles. The molecule has 0 saturated carbocycles. The molecule has 0 saturated heterocycles. The summed E-state index contributed by atoms with van der Waals surface area (Å²) in [6, 6.07) is 0. The maximum atomic E-state index is 9.94.